The van der Waals surface area contributed by atoms with Crippen LogP contribution in [0.2, 0.25) is 5.15 Å². The van der Waals surface area contributed by atoms with E-state index in [2.05, 4.69) is 19.4 Å². The van der Waals surface area contributed by atoms with E-state index in [1.165, 1.54) is 31.4 Å². The van der Waals surface area contributed by atoms with Crippen molar-refractivity contribution in [3.63, 3.8) is 0 Å². The average Bonchev–Trinajstić information content (AvgIpc) is 2.79. The maximum atomic E-state index is 12.9. The Balaban J connectivity index is 1.69. The van der Waals surface area contributed by atoms with Crippen LogP contribution in [0.4, 0.5) is 5.69 Å². The first-order valence-corrected chi connectivity index (χ1v) is 11.0. The molecule has 0 fully saturated rings. The summed E-state index contributed by atoms with van der Waals surface area (Å²) in [5.41, 5.74) is 2.59. The molecule has 0 amide bonds. The summed E-state index contributed by atoms with van der Waals surface area (Å²) >= 11 is 6.15. The van der Waals surface area contributed by atoms with Crippen molar-refractivity contribution >= 4 is 44.2 Å². The second-order valence-corrected chi connectivity index (χ2v) is 8.64. The van der Waals surface area contributed by atoms with Crippen LogP contribution < -0.4 is 4.72 Å². The highest BCUT2D eigenvalue weighted by Gasteiger charge is 2.19. The number of carbonyl (C=O) groups excluding carboxylic acids is 1. The van der Waals surface area contributed by atoms with Crippen LogP contribution in [0.25, 0.3) is 22.0 Å². The molecule has 9 heteroatoms. The van der Waals surface area contributed by atoms with Gasteiger partial charge in [0.05, 0.1) is 28.8 Å². The quantitative estimate of drug-likeness (QED) is 0.352. The number of nitrogens with one attached hydrogen (secondary N) is 1. The van der Waals surface area contributed by atoms with E-state index in [0.717, 1.165) is 16.5 Å². The van der Waals surface area contributed by atoms with Crippen molar-refractivity contribution in [2.24, 2.45) is 0 Å². The zero-order chi connectivity index (χ0) is 22.0. The van der Waals surface area contributed by atoms with E-state index < -0.39 is 16.0 Å². The molecule has 4 aromatic rings. The minimum Gasteiger partial charge on any atom is -0.465 e. The normalized spacial score (nSPS) is 11.3. The number of ether oxygens (including phenoxy) is 1. The lowest BCUT2D eigenvalue weighted by molar-refractivity contribution is 0.0600. The highest BCUT2D eigenvalue weighted by atomic mass is 35.5. The number of rotatable bonds is 5. The number of nitrogens with zero attached hydrogens (tertiary/aromatic N) is 2. The summed E-state index contributed by atoms with van der Waals surface area (Å²) < 4.78 is 32.9. The average molecular weight is 454 g/mol. The first-order chi connectivity index (χ1) is 14.9. The largest absolute Gasteiger partial charge is 0.465 e. The number of hydrogen-bond acceptors (Lipinski definition) is 6. The number of esters is 1. The van der Waals surface area contributed by atoms with Gasteiger partial charge in [0.2, 0.25) is 0 Å². The first-order valence-electron chi connectivity index (χ1n) is 9.09. The van der Waals surface area contributed by atoms with Crippen molar-refractivity contribution in [3.05, 3.63) is 83.8 Å². The third kappa shape index (κ3) is 4.35. The predicted molar refractivity (Wildman–Crippen MR) is 119 cm³/mol. The van der Waals surface area contributed by atoms with E-state index in [9.17, 15) is 13.2 Å². The second kappa shape index (κ2) is 8.33. The van der Waals surface area contributed by atoms with Gasteiger partial charge in [-0.2, -0.15) is 0 Å². The Morgan fingerprint density at radius 2 is 1.84 bits per heavy atom. The van der Waals surface area contributed by atoms with Gasteiger partial charge < -0.3 is 4.74 Å². The third-order valence-electron chi connectivity index (χ3n) is 4.59. The number of hydrogen-bond donors (Lipinski definition) is 1. The molecule has 0 saturated carbocycles. The molecular weight excluding hydrogens is 438 g/mol. The SMILES string of the molecule is COC(=O)c1cccc(S(=O)(=O)Nc2cc(-c3ccc4ncccc4c3)cnc2Cl)c1. The molecule has 156 valence electrons. The first kappa shape index (κ1) is 20.8. The molecule has 0 spiro atoms. The van der Waals surface area contributed by atoms with Crippen LogP contribution in [0.3, 0.4) is 0 Å². The van der Waals surface area contributed by atoms with Gasteiger partial charge in [-0.3, -0.25) is 9.71 Å². The Morgan fingerprint density at radius 1 is 1.00 bits per heavy atom. The zero-order valence-corrected chi connectivity index (χ0v) is 17.8. The second-order valence-electron chi connectivity index (χ2n) is 6.60. The van der Waals surface area contributed by atoms with Crippen molar-refractivity contribution in [3.8, 4) is 11.1 Å². The maximum Gasteiger partial charge on any atom is 0.337 e. The molecule has 0 saturated heterocycles. The van der Waals surface area contributed by atoms with Gasteiger partial charge in [-0.25, -0.2) is 18.2 Å². The summed E-state index contributed by atoms with van der Waals surface area (Å²) in [6.45, 7) is 0. The molecule has 0 aliphatic heterocycles. The van der Waals surface area contributed by atoms with Gasteiger partial charge in [0.25, 0.3) is 10.0 Å². The Hall–Kier alpha value is -3.49. The Morgan fingerprint density at radius 3 is 2.65 bits per heavy atom. The predicted octanol–water partition coefficient (Wildman–Crippen LogP) is 4.54. The van der Waals surface area contributed by atoms with Crippen molar-refractivity contribution < 1.29 is 17.9 Å². The van der Waals surface area contributed by atoms with E-state index in [1.807, 2.05) is 30.3 Å². The van der Waals surface area contributed by atoms with Crippen molar-refractivity contribution in [2.75, 3.05) is 11.8 Å². The van der Waals surface area contributed by atoms with Crippen LogP contribution in [0.5, 0.6) is 0 Å². The topological polar surface area (TPSA) is 98.2 Å². The molecule has 4 rings (SSSR count). The molecule has 0 aliphatic rings. The number of anilines is 1. The number of halogens is 1. The lowest BCUT2D eigenvalue weighted by Gasteiger charge is -2.12. The van der Waals surface area contributed by atoms with Gasteiger partial charge in [-0.15, -0.1) is 0 Å². The fourth-order valence-corrected chi connectivity index (χ4v) is 4.35. The molecule has 0 atom stereocenters. The Kier molecular flexibility index (Phi) is 5.58. The number of methoxy groups -OCH3 is 1. The fourth-order valence-electron chi connectivity index (χ4n) is 3.04. The number of pyridine rings is 2. The molecule has 7 nitrogen and oxygen atoms in total. The molecule has 1 N–H and O–H groups in total. The van der Waals surface area contributed by atoms with Crippen LogP contribution in [0.1, 0.15) is 10.4 Å². The number of sulfonamides is 1. The lowest BCUT2D eigenvalue weighted by atomic mass is 10.0. The van der Waals surface area contributed by atoms with Crippen molar-refractivity contribution in [1.29, 1.82) is 0 Å². The van der Waals surface area contributed by atoms with Crippen molar-refractivity contribution in [1.82, 2.24) is 9.97 Å². The smallest absolute Gasteiger partial charge is 0.337 e. The Bertz CT molecular complexity index is 1410. The summed E-state index contributed by atoms with van der Waals surface area (Å²) in [6.07, 6.45) is 3.28. The Labute approximate surface area is 183 Å². The van der Waals surface area contributed by atoms with Gasteiger partial charge in [-0.1, -0.05) is 29.8 Å². The fraction of sp³-hybridized carbons (Fsp3) is 0.0455. The van der Waals surface area contributed by atoms with Gasteiger partial charge >= 0.3 is 5.97 Å². The minimum atomic E-state index is -4.03. The van der Waals surface area contributed by atoms with E-state index in [-0.39, 0.29) is 21.3 Å². The molecular formula is C22H16ClN3O4S. The van der Waals surface area contributed by atoms with Crippen LogP contribution in [-0.2, 0) is 14.8 Å². The molecule has 0 aliphatic carbocycles. The molecule has 2 aromatic carbocycles. The molecule has 0 unspecified atom stereocenters. The summed E-state index contributed by atoms with van der Waals surface area (Å²) in [6, 6.07) is 16.6. The number of carbonyl (C=O) groups is 1. The van der Waals surface area contributed by atoms with Gasteiger partial charge in [0.1, 0.15) is 0 Å². The molecule has 2 aromatic heterocycles. The van der Waals surface area contributed by atoms with Crippen LogP contribution in [0, 0.1) is 0 Å². The van der Waals surface area contributed by atoms with Gasteiger partial charge in [0, 0.05) is 23.3 Å². The zero-order valence-electron chi connectivity index (χ0n) is 16.2. The highest BCUT2D eigenvalue weighted by molar-refractivity contribution is 7.92. The number of benzene rings is 2. The van der Waals surface area contributed by atoms with Crippen molar-refractivity contribution in [2.45, 2.75) is 4.90 Å². The van der Waals surface area contributed by atoms with E-state index in [4.69, 9.17) is 11.6 Å². The third-order valence-corrected chi connectivity index (χ3v) is 6.25. The number of aromatic nitrogens is 2. The van der Waals surface area contributed by atoms with Gasteiger partial charge in [0.15, 0.2) is 5.15 Å². The summed E-state index contributed by atoms with van der Waals surface area (Å²) in [7, 11) is -2.80. The van der Waals surface area contributed by atoms with Gasteiger partial charge in [-0.05, 0) is 48.0 Å². The standard InChI is InChI=1S/C22H16ClN3O4S/c1-30-22(27)16-4-2-6-18(11-16)31(28,29)26-20-12-17(13-25-21(20)23)14-7-8-19-15(10-14)5-3-9-24-19/h2-13,26H,1H3. The lowest BCUT2D eigenvalue weighted by Crippen LogP contribution is -2.14. The summed E-state index contributed by atoms with van der Waals surface area (Å²) in [5.74, 6) is -0.635. The monoisotopic (exact) mass is 453 g/mol. The highest BCUT2D eigenvalue weighted by Crippen LogP contribution is 2.30. The number of fused-ring (bicyclic) bond motifs is 1. The van der Waals surface area contributed by atoms with E-state index in [0.29, 0.717) is 5.56 Å². The minimum absolute atomic E-state index is 0.00102. The van der Waals surface area contributed by atoms with Crippen LogP contribution >= 0.6 is 11.6 Å². The summed E-state index contributed by atoms with van der Waals surface area (Å²) in [5, 5.41) is 0.940. The van der Waals surface area contributed by atoms with E-state index >= 15 is 0 Å². The van der Waals surface area contributed by atoms with E-state index in [1.54, 1.807) is 18.5 Å². The molecule has 0 bridgehead atoms. The molecule has 0 radical (unpaired) electrons. The van der Waals surface area contributed by atoms with Crippen LogP contribution in [0.15, 0.2) is 78.0 Å². The van der Waals surface area contributed by atoms with Crippen LogP contribution in [-0.4, -0.2) is 31.5 Å². The molecule has 31 heavy (non-hydrogen) atoms. The molecule has 2 heterocycles. The maximum absolute atomic E-state index is 12.9. The summed E-state index contributed by atoms with van der Waals surface area (Å²) in [4.78, 5) is 20.0.